The summed E-state index contributed by atoms with van der Waals surface area (Å²) >= 11 is 0. The topological polar surface area (TPSA) is 67.2 Å². The summed E-state index contributed by atoms with van der Waals surface area (Å²) in [6.07, 6.45) is 2.64. The van der Waals surface area contributed by atoms with E-state index in [1.165, 1.54) is 11.1 Å². The molecule has 5 nitrogen and oxygen atoms in total. The van der Waals surface area contributed by atoms with Gasteiger partial charge in [-0.05, 0) is 37.7 Å². The van der Waals surface area contributed by atoms with Crippen molar-refractivity contribution in [3.05, 3.63) is 52.3 Å². The first kappa shape index (κ1) is 17.7. The molecule has 5 heteroatoms. The van der Waals surface area contributed by atoms with Crippen molar-refractivity contribution < 1.29 is 9.90 Å². The highest BCUT2D eigenvalue weighted by atomic mass is 16.4. The Labute approximate surface area is 149 Å². The Hall–Kier alpha value is -2.14. The monoisotopic (exact) mass is 341 g/mol. The van der Waals surface area contributed by atoms with Crippen molar-refractivity contribution in [2.45, 2.75) is 59.2 Å². The molecule has 134 valence electrons. The van der Waals surface area contributed by atoms with Gasteiger partial charge < -0.3 is 10.4 Å². The van der Waals surface area contributed by atoms with Gasteiger partial charge in [0.05, 0.1) is 0 Å². The maximum Gasteiger partial charge on any atom is 0.356 e. The number of benzene rings is 1. The molecule has 0 unspecified atom stereocenters. The Morgan fingerprint density at radius 3 is 2.72 bits per heavy atom. The molecule has 2 N–H and O–H groups in total. The summed E-state index contributed by atoms with van der Waals surface area (Å²) in [5.41, 5.74) is 4.78. The van der Waals surface area contributed by atoms with Crippen molar-refractivity contribution in [1.82, 2.24) is 15.1 Å². The van der Waals surface area contributed by atoms with Crippen LogP contribution in [0.3, 0.4) is 0 Å². The van der Waals surface area contributed by atoms with Crippen molar-refractivity contribution in [2.24, 2.45) is 5.92 Å². The summed E-state index contributed by atoms with van der Waals surface area (Å²) in [5, 5.41) is 17.5. The number of aromatic carboxylic acids is 1. The highest BCUT2D eigenvalue weighted by molar-refractivity contribution is 5.87. The van der Waals surface area contributed by atoms with Gasteiger partial charge in [-0.15, -0.1) is 0 Å². The van der Waals surface area contributed by atoms with Gasteiger partial charge in [0.2, 0.25) is 0 Å². The van der Waals surface area contributed by atoms with Crippen LogP contribution in [0.2, 0.25) is 0 Å². The molecular weight excluding hydrogens is 314 g/mol. The molecule has 1 aromatic carbocycles. The lowest BCUT2D eigenvalue weighted by molar-refractivity contribution is 0.0688. The molecule has 0 amide bonds. The number of nitrogens with zero attached hydrogens (tertiary/aromatic N) is 2. The number of hydrogen-bond acceptors (Lipinski definition) is 3. The highest BCUT2D eigenvalue weighted by Gasteiger charge is 2.29. The molecule has 0 aliphatic heterocycles. The van der Waals surface area contributed by atoms with Crippen LogP contribution < -0.4 is 5.32 Å². The number of carboxylic acids is 1. The van der Waals surface area contributed by atoms with E-state index in [2.05, 4.69) is 55.5 Å². The molecule has 1 heterocycles. The summed E-state index contributed by atoms with van der Waals surface area (Å²) in [7, 11) is 0. The predicted octanol–water partition coefficient (Wildman–Crippen LogP) is 3.19. The van der Waals surface area contributed by atoms with E-state index in [9.17, 15) is 9.90 Å². The number of aryl methyl sites for hydroxylation is 1. The van der Waals surface area contributed by atoms with Gasteiger partial charge in [0.1, 0.15) is 0 Å². The summed E-state index contributed by atoms with van der Waals surface area (Å²) in [4.78, 5) is 11.6. The molecule has 3 rings (SSSR count). The molecule has 1 aromatic heterocycles. The zero-order chi connectivity index (χ0) is 18.0. The molecule has 0 radical (unpaired) electrons. The minimum absolute atomic E-state index is 0.234. The van der Waals surface area contributed by atoms with Crippen LogP contribution in [-0.2, 0) is 25.9 Å². The Morgan fingerprint density at radius 2 is 2.08 bits per heavy atom. The van der Waals surface area contributed by atoms with Gasteiger partial charge >= 0.3 is 5.97 Å². The molecule has 0 fully saturated rings. The zero-order valence-electron chi connectivity index (χ0n) is 15.2. The second kappa shape index (κ2) is 7.40. The first-order valence-corrected chi connectivity index (χ1v) is 9.04. The third kappa shape index (κ3) is 4.10. The lowest BCUT2D eigenvalue weighted by Crippen LogP contribution is -2.34. The van der Waals surface area contributed by atoms with E-state index in [-0.39, 0.29) is 5.69 Å². The first-order chi connectivity index (χ1) is 11.9. The Kier molecular flexibility index (Phi) is 5.23. The van der Waals surface area contributed by atoms with Crippen LogP contribution in [-0.4, -0.2) is 26.9 Å². The van der Waals surface area contributed by atoms with Crippen molar-refractivity contribution in [3.63, 3.8) is 0 Å². The summed E-state index contributed by atoms with van der Waals surface area (Å²) in [5.74, 6) is -0.471. The summed E-state index contributed by atoms with van der Waals surface area (Å²) < 4.78 is 1.92. The molecule has 0 spiro atoms. The van der Waals surface area contributed by atoms with E-state index in [1.807, 2.05) is 4.68 Å². The largest absolute Gasteiger partial charge is 0.476 e. The molecule has 1 aliphatic carbocycles. The van der Waals surface area contributed by atoms with E-state index in [1.54, 1.807) is 0 Å². The Balaban J connectivity index is 1.72. The number of nitrogens with one attached hydrogen (secondary N) is 1. The Morgan fingerprint density at radius 1 is 1.36 bits per heavy atom. The maximum atomic E-state index is 11.6. The average molecular weight is 341 g/mol. The lowest BCUT2D eigenvalue weighted by Gasteiger charge is -2.25. The quantitative estimate of drug-likeness (QED) is 0.847. The number of rotatable bonds is 6. The summed E-state index contributed by atoms with van der Waals surface area (Å²) in [6, 6.07) is 8.81. The highest BCUT2D eigenvalue weighted by Crippen LogP contribution is 2.26. The second-order valence-electron chi connectivity index (χ2n) is 7.46. The fraction of sp³-hybridized carbons (Fsp3) is 0.500. The zero-order valence-corrected chi connectivity index (χ0v) is 15.2. The molecule has 0 bridgehead atoms. The van der Waals surface area contributed by atoms with Gasteiger partial charge in [0.15, 0.2) is 5.69 Å². The van der Waals surface area contributed by atoms with E-state index >= 15 is 0 Å². The fourth-order valence-electron chi connectivity index (χ4n) is 3.50. The molecule has 0 saturated carbocycles. The van der Waals surface area contributed by atoms with E-state index < -0.39 is 5.97 Å². The molecule has 0 saturated heterocycles. The standard InChI is InChI=1S/C20H27N3O2/c1-13(2)12-23-18-9-8-16(10-17(18)19(22-23)20(24)25)21-11-15-6-4-14(3)5-7-15/h4-7,13,16,21H,8-12H2,1-3H3,(H,24,25)/t16-/m0/s1. The fourth-order valence-corrected chi connectivity index (χ4v) is 3.50. The first-order valence-electron chi connectivity index (χ1n) is 9.04. The SMILES string of the molecule is Cc1ccc(CN[C@H]2CCc3c(c(C(=O)O)nn3CC(C)C)C2)cc1. The van der Waals surface area contributed by atoms with Gasteiger partial charge in [0, 0.05) is 30.4 Å². The van der Waals surface area contributed by atoms with Gasteiger partial charge in [-0.3, -0.25) is 4.68 Å². The van der Waals surface area contributed by atoms with Crippen LogP contribution in [0.4, 0.5) is 0 Å². The smallest absolute Gasteiger partial charge is 0.356 e. The summed E-state index contributed by atoms with van der Waals surface area (Å²) in [6.45, 7) is 7.93. The van der Waals surface area contributed by atoms with Crippen LogP contribution in [0.25, 0.3) is 0 Å². The van der Waals surface area contributed by atoms with Crippen molar-refractivity contribution >= 4 is 5.97 Å². The van der Waals surface area contributed by atoms with Crippen molar-refractivity contribution in [2.75, 3.05) is 0 Å². The maximum absolute atomic E-state index is 11.6. The average Bonchev–Trinajstić information content (AvgIpc) is 2.92. The number of aromatic nitrogens is 2. The van der Waals surface area contributed by atoms with Gasteiger partial charge in [-0.25, -0.2) is 4.79 Å². The molecule has 1 aliphatic rings. The second-order valence-corrected chi connectivity index (χ2v) is 7.46. The van der Waals surface area contributed by atoms with Crippen LogP contribution >= 0.6 is 0 Å². The van der Waals surface area contributed by atoms with E-state index in [4.69, 9.17) is 0 Å². The van der Waals surface area contributed by atoms with Crippen molar-refractivity contribution in [1.29, 1.82) is 0 Å². The molecule has 25 heavy (non-hydrogen) atoms. The third-order valence-electron chi connectivity index (χ3n) is 4.80. The Bertz CT molecular complexity index is 747. The van der Waals surface area contributed by atoms with Gasteiger partial charge in [-0.2, -0.15) is 5.10 Å². The van der Waals surface area contributed by atoms with Crippen LogP contribution in [0.5, 0.6) is 0 Å². The number of carboxylic acid groups (broad SMARTS) is 1. The van der Waals surface area contributed by atoms with Gasteiger partial charge in [-0.1, -0.05) is 43.7 Å². The predicted molar refractivity (Wildman–Crippen MR) is 97.9 cm³/mol. The van der Waals surface area contributed by atoms with Gasteiger partial charge in [0.25, 0.3) is 0 Å². The van der Waals surface area contributed by atoms with Crippen LogP contribution in [0.1, 0.15) is 53.1 Å². The molecular formula is C20H27N3O2. The van der Waals surface area contributed by atoms with Crippen LogP contribution in [0, 0.1) is 12.8 Å². The minimum Gasteiger partial charge on any atom is -0.476 e. The third-order valence-corrected chi connectivity index (χ3v) is 4.80. The number of fused-ring (bicyclic) bond motifs is 1. The lowest BCUT2D eigenvalue weighted by atomic mass is 9.91. The van der Waals surface area contributed by atoms with Crippen LogP contribution in [0.15, 0.2) is 24.3 Å². The van der Waals surface area contributed by atoms with E-state index in [0.717, 1.165) is 43.6 Å². The minimum atomic E-state index is -0.919. The normalized spacial score (nSPS) is 16.9. The van der Waals surface area contributed by atoms with Crippen molar-refractivity contribution in [3.8, 4) is 0 Å². The molecule has 1 atom stereocenters. The van der Waals surface area contributed by atoms with E-state index in [0.29, 0.717) is 12.0 Å². The number of hydrogen-bond donors (Lipinski definition) is 2. The number of carbonyl (C=O) groups is 1. The molecule has 2 aromatic rings.